The Morgan fingerprint density at radius 3 is 2.96 bits per heavy atom. The molecule has 6 nitrogen and oxygen atoms in total. The average Bonchev–Trinajstić information content (AvgIpc) is 2.62. The molecule has 1 saturated heterocycles. The van der Waals surface area contributed by atoms with E-state index in [0.717, 1.165) is 19.4 Å². The number of carbonyl (C=O) groups is 1. The minimum atomic E-state index is -2.68. The van der Waals surface area contributed by atoms with E-state index in [1.807, 2.05) is 30.3 Å². The number of nitrogens with one attached hydrogen (secondary N) is 1. The van der Waals surface area contributed by atoms with E-state index in [-0.39, 0.29) is 11.7 Å². The quantitative estimate of drug-likeness (QED) is 0.545. The molecule has 1 aliphatic heterocycles. The van der Waals surface area contributed by atoms with E-state index in [4.69, 9.17) is 18.1 Å². The first kappa shape index (κ1) is 20.4. The van der Waals surface area contributed by atoms with Gasteiger partial charge in [-0.1, -0.05) is 36.9 Å². The van der Waals surface area contributed by atoms with Gasteiger partial charge in [0, 0.05) is 32.1 Å². The van der Waals surface area contributed by atoms with Crippen molar-refractivity contribution in [1.82, 2.24) is 5.48 Å². The molecule has 1 N–H and O–H groups in total. The number of ether oxygens (including phenoxy) is 1. The summed E-state index contributed by atoms with van der Waals surface area (Å²) in [6.45, 7) is 3.68. The lowest BCUT2D eigenvalue weighted by atomic mass is 10.1. The van der Waals surface area contributed by atoms with Crippen molar-refractivity contribution < 1.29 is 22.9 Å². The Morgan fingerprint density at radius 1 is 1.40 bits per heavy atom. The normalized spacial score (nSPS) is 24.3. The minimum absolute atomic E-state index is 0.0171. The molecular formula is C17H27NO5SSi. The van der Waals surface area contributed by atoms with Gasteiger partial charge in [0.1, 0.15) is 5.75 Å². The summed E-state index contributed by atoms with van der Waals surface area (Å²) in [6.07, 6.45) is 1.78. The van der Waals surface area contributed by atoms with Crippen molar-refractivity contribution in [2.45, 2.75) is 25.8 Å². The van der Waals surface area contributed by atoms with Gasteiger partial charge in [-0.25, -0.2) is 5.48 Å². The monoisotopic (exact) mass is 385 g/mol. The maximum atomic E-state index is 11.9. The molecule has 0 spiro atoms. The van der Waals surface area contributed by atoms with Crippen molar-refractivity contribution in [1.29, 1.82) is 0 Å². The highest BCUT2D eigenvalue weighted by molar-refractivity contribution is 8.13. The van der Waals surface area contributed by atoms with Crippen LogP contribution in [0.15, 0.2) is 30.3 Å². The number of benzene rings is 1. The molecule has 2 unspecified atom stereocenters. The molecular weight excluding hydrogens is 358 g/mol. The Bertz CT molecular complexity index is 509. The van der Waals surface area contributed by atoms with E-state index >= 15 is 0 Å². The van der Waals surface area contributed by atoms with E-state index in [9.17, 15) is 4.79 Å². The second-order valence-electron chi connectivity index (χ2n) is 6.01. The van der Waals surface area contributed by atoms with Crippen molar-refractivity contribution in [2.24, 2.45) is 5.92 Å². The van der Waals surface area contributed by atoms with Gasteiger partial charge in [0.2, 0.25) is 5.12 Å². The summed E-state index contributed by atoms with van der Waals surface area (Å²) < 4.78 is 22.7. The third kappa shape index (κ3) is 7.47. The van der Waals surface area contributed by atoms with Crippen LogP contribution in [0.4, 0.5) is 0 Å². The van der Waals surface area contributed by atoms with Crippen LogP contribution < -0.4 is 10.2 Å². The summed E-state index contributed by atoms with van der Waals surface area (Å²) in [6, 6.07) is 10.0. The topological polar surface area (TPSA) is 66.0 Å². The summed E-state index contributed by atoms with van der Waals surface area (Å²) in [4.78, 5) is 11.9. The van der Waals surface area contributed by atoms with Crippen LogP contribution >= 0.6 is 11.8 Å². The summed E-state index contributed by atoms with van der Waals surface area (Å²) in [5.41, 5.74) is 2.98. The second-order valence-corrected chi connectivity index (χ2v) is 9.93. The zero-order valence-corrected chi connectivity index (χ0v) is 16.7. The zero-order valence-electron chi connectivity index (χ0n) is 14.9. The van der Waals surface area contributed by atoms with Gasteiger partial charge >= 0.3 is 8.80 Å². The van der Waals surface area contributed by atoms with Gasteiger partial charge in [-0.05, 0) is 30.9 Å². The third-order valence-corrected chi connectivity index (χ3v) is 7.51. The van der Waals surface area contributed by atoms with Gasteiger partial charge in [-0.15, -0.1) is 0 Å². The van der Waals surface area contributed by atoms with Gasteiger partial charge in [-0.2, -0.15) is 0 Å². The Hall–Kier alpha value is -0.903. The Labute approximate surface area is 154 Å². The van der Waals surface area contributed by atoms with Gasteiger partial charge in [0.05, 0.1) is 0 Å². The van der Waals surface area contributed by atoms with Crippen molar-refractivity contribution in [2.75, 3.05) is 32.6 Å². The van der Waals surface area contributed by atoms with Gasteiger partial charge in [0.25, 0.3) is 0 Å². The van der Waals surface area contributed by atoms with Crippen molar-refractivity contribution in [3.05, 3.63) is 30.3 Å². The van der Waals surface area contributed by atoms with Crippen molar-refractivity contribution in [3.63, 3.8) is 0 Å². The predicted molar refractivity (Wildman–Crippen MR) is 100 cm³/mol. The second kappa shape index (κ2) is 10.9. The lowest BCUT2D eigenvalue weighted by Crippen LogP contribution is -2.51. The number of hydrogen-bond donors (Lipinski definition) is 1. The first-order chi connectivity index (χ1) is 12.1. The minimum Gasteiger partial charge on any atom is -0.485 e. The molecule has 1 heterocycles. The van der Waals surface area contributed by atoms with E-state index in [0.29, 0.717) is 30.1 Å². The van der Waals surface area contributed by atoms with Gasteiger partial charge < -0.3 is 13.6 Å². The fraction of sp³-hybridized carbons (Fsp3) is 0.588. The molecule has 1 fully saturated rings. The molecule has 2 atom stereocenters. The highest BCUT2D eigenvalue weighted by Gasteiger charge is 2.41. The molecule has 0 radical (unpaired) electrons. The fourth-order valence-corrected chi connectivity index (χ4v) is 5.31. The van der Waals surface area contributed by atoms with Crippen LogP contribution in [-0.4, -0.2) is 46.5 Å². The molecule has 0 amide bonds. The zero-order chi connectivity index (χ0) is 18.0. The summed E-state index contributed by atoms with van der Waals surface area (Å²) >= 11 is 1.27. The number of hydroxylamine groups is 1. The summed E-state index contributed by atoms with van der Waals surface area (Å²) in [5.74, 6) is 1.92. The highest BCUT2D eigenvalue weighted by Crippen LogP contribution is 2.21. The summed E-state index contributed by atoms with van der Waals surface area (Å²) in [5, 5.41) is 0.0171. The van der Waals surface area contributed by atoms with Crippen LogP contribution in [0, 0.1) is 5.92 Å². The lowest BCUT2D eigenvalue weighted by Gasteiger charge is -2.31. The first-order valence-electron chi connectivity index (χ1n) is 8.57. The molecule has 0 aliphatic carbocycles. The van der Waals surface area contributed by atoms with E-state index < -0.39 is 8.80 Å². The molecule has 0 aromatic heterocycles. The summed E-state index contributed by atoms with van der Waals surface area (Å²) in [7, 11) is -1.05. The molecule has 1 aromatic rings. The molecule has 8 heteroatoms. The average molecular weight is 386 g/mol. The van der Waals surface area contributed by atoms with Crippen molar-refractivity contribution >= 4 is 25.7 Å². The SMILES string of the molecule is CO[Si]1(CCCSC(=O)COc2ccccc2)OCCC(C)CNO1. The molecule has 140 valence electrons. The number of thioether (sulfide) groups is 1. The number of para-hydroxylation sites is 1. The van der Waals surface area contributed by atoms with Crippen LogP contribution in [0.25, 0.3) is 0 Å². The van der Waals surface area contributed by atoms with Crippen LogP contribution in [0.1, 0.15) is 19.8 Å². The largest absolute Gasteiger partial charge is 0.517 e. The van der Waals surface area contributed by atoms with Crippen LogP contribution in [-0.2, 0) is 18.2 Å². The molecule has 0 saturated carbocycles. The predicted octanol–water partition coefficient (Wildman–Crippen LogP) is 2.88. The van der Waals surface area contributed by atoms with Crippen LogP contribution in [0.2, 0.25) is 6.04 Å². The first-order valence-corrected chi connectivity index (χ1v) is 11.5. The fourth-order valence-electron chi connectivity index (χ4n) is 2.34. The molecule has 25 heavy (non-hydrogen) atoms. The van der Waals surface area contributed by atoms with Crippen LogP contribution in [0.3, 0.4) is 0 Å². The molecule has 1 aliphatic rings. The van der Waals surface area contributed by atoms with E-state index in [1.165, 1.54) is 11.8 Å². The maximum Gasteiger partial charge on any atom is 0.517 e. The number of hydrogen-bond acceptors (Lipinski definition) is 7. The highest BCUT2D eigenvalue weighted by atomic mass is 32.2. The van der Waals surface area contributed by atoms with Crippen LogP contribution in [0.5, 0.6) is 5.75 Å². The Balaban J connectivity index is 1.65. The third-order valence-electron chi connectivity index (χ3n) is 3.89. The molecule has 0 bridgehead atoms. The Kier molecular flexibility index (Phi) is 8.94. The van der Waals surface area contributed by atoms with E-state index in [2.05, 4.69) is 12.4 Å². The standard InChI is InChI=1S/C17H27NO5SSi/c1-15-9-10-22-25(20-2,23-18-13-15)12-6-11-24-17(19)14-21-16-7-4-3-5-8-16/h3-5,7-8,15,18H,6,9-14H2,1-2H3. The lowest BCUT2D eigenvalue weighted by molar-refractivity contribution is -0.112. The number of carbonyl (C=O) groups excluding carboxylic acids is 1. The number of rotatable bonds is 8. The molecule has 2 rings (SSSR count). The van der Waals surface area contributed by atoms with E-state index in [1.54, 1.807) is 7.11 Å². The maximum absolute atomic E-state index is 11.9. The van der Waals surface area contributed by atoms with Gasteiger partial charge in [-0.3, -0.25) is 9.32 Å². The smallest absolute Gasteiger partial charge is 0.485 e. The van der Waals surface area contributed by atoms with Crippen molar-refractivity contribution in [3.8, 4) is 5.75 Å². The Morgan fingerprint density at radius 2 is 2.20 bits per heavy atom. The molecule has 1 aromatic carbocycles. The van der Waals surface area contributed by atoms with Gasteiger partial charge in [0.15, 0.2) is 6.61 Å².